The number of fused-ring (bicyclic) bond motifs is 1. The average Bonchev–Trinajstić information content (AvgIpc) is 3.07. The van der Waals surface area contributed by atoms with E-state index in [0.29, 0.717) is 17.8 Å². The van der Waals surface area contributed by atoms with E-state index in [1.807, 2.05) is 13.8 Å². The summed E-state index contributed by atoms with van der Waals surface area (Å²) in [6.07, 6.45) is 2.58. The van der Waals surface area contributed by atoms with Crippen molar-refractivity contribution in [3.05, 3.63) is 21.7 Å². The first-order chi connectivity index (χ1) is 10.8. The molecule has 3 heterocycles. The molecule has 0 amide bonds. The fraction of sp³-hybridized carbons (Fsp3) is 0.615. The van der Waals surface area contributed by atoms with E-state index >= 15 is 0 Å². The summed E-state index contributed by atoms with van der Waals surface area (Å²) < 4.78 is 25.6. The molecule has 0 aliphatic carbocycles. The molecule has 1 saturated heterocycles. The van der Waals surface area contributed by atoms with Crippen LogP contribution in [0.4, 0.5) is 11.6 Å². The van der Waals surface area contributed by atoms with Gasteiger partial charge in [-0.1, -0.05) is 25.2 Å². The molecule has 3 rings (SSSR count). The summed E-state index contributed by atoms with van der Waals surface area (Å²) >= 11 is 1.32. The number of sulfone groups is 1. The molecule has 0 saturated carbocycles. The van der Waals surface area contributed by atoms with Gasteiger partial charge in [0.25, 0.3) is 4.96 Å². The van der Waals surface area contributed by atoms with Gasteiger partial charge in [0.15, 0.2) is 9.84 Å². The SMILES string of the molecule is CCC1(CC)CN(c2nc3sccn3c2[N+](=O)[O-])CCS1(=O)=O. The molecule has 8 nitrogen and oxygen atoms in total. The van der Waals surface area contributed by atoms with Crippen molar-refractivity contribution >= 4 is 37.8 Å². The number of anilines is 1. The molecule has 0 radical (unpaired) electrons. The highest BCUT2D eigenvalue weighted by atomic mass is 32.2. The highest BCUT2D eigenvalue weighted by molar-refractivity contribution is 7.92. The number of hydrogen-bond acceptors (Lipinski definition) is 7. The van der Waals surface area contributed by atoms with Crippen molar-refractivity contribution in [3.8, 4) is 0 Å². The summed E-state index contributed by atoms with van der Waals surface area (Å²) in [7, 11) is -3.22. The molecule has 0 N–H and O–H groups in total. The van der Waals surface area contributed by atoms with E-state index in [2.05, 4.69) is 4.98 Å². The predicted octanol–water partition coefficient (Wildman–Crippen LogP) is 2.10. The minimum atomic E-state index is -3.22. The Morgan fingerprint density at radius 2 is 2.13 bits per heavy atom. The molecule has 1 aliphatic heterocycles. The number of hydrogen-bond donors (Lipinski definition) is 0. The molecule has 0 aromatic carbocycles. The summed E-state index contributed by atoms with van der Waals surface area (Å²) in [6.45, 7) is 4.18. The number of aromatic nitrogens is 2. The molecular weight excluding hydrogens is 340 g/mol. The Balaban J connectivity index is 2.08. The molecule has 1 fully saturated rings. The maximum atomic E-state index is 12.5. The third kappa shape index (κ3) is 2.31. The van der Waals surface area contributed by atoms with E-state index in [9.17, 15) is 18.5 Å². The molecule has 23 heavy (non-hydrogen) atoms. The van der Waals surface area contributed by atoms with Gasteiger partial charge in [-0.3, -0.25) is 0 Å². The third-order valence-electron chi connectivity index (χ3n) is 4.75. The second-order valence-electron chi connectivity index (χ2n) is 5.70. The Labute approximate surface area is 137 Å². The molecule has 0 bridgehead atoms. The summed E-state index contributed by atoms with van der Waals surface area (Å²) in [4.78, 5) is 17.7. The Morgan fingerprint density at radius 3 is 2.74 bits per heavy atom. The van der Waals surface area contributed by atoms with Crippen molar-refractivity contribution in [1.29, 1.82) is 0 Å². The van der Waals surface area contributed by atoms with Crippen LogP contribution in [0.25, 0.3) is 4.96 Å². The van der Waals surface area contributed by atoms with Crippen molar-refractivity contribution in [3.63, 3.8) is 0 Å². The first-order valence-electron chi connectivity index (χ1n) is 7.42. The maximum Gasteiger partial charge on any atom is 0.373 e. The normalized spacial score (nSPS) is 20.0. The van der Waals surface area contributed by atoms with Gasteiger partial charge in [0.05, 0.1) is 10.5 Å². The van der Waals surface area contributed by atoms with Crippen molar-refractivity contribution < 1.29 is 13.3 Å². The van der Waals surface area contributed by atoms with Gasteiger partial charge in [0.2, 0.25) is 5.82 Å². The van der Waals surface area contributed by atoms with Crippen LogP contribution in [0.3, 0.4) is 0 Å². The smallest absolute Gasteiger partial charge is 0.358 e. The average molecular weight is 358 g/mol. The standard InChI is InChI=1S/C13H18N4O4S2/c1-3-13(4-2)9-15(6-8-23(13,20)21)10-11(17(18)19)16-5-7-22-12(16)14-10/h5,7H,3-4,6,8-9H2,1-2H3. The summed E-state index contributed by atoms with van der Waals surface area (Å²) in [5.74, 6) is 0.168. The maximum absolute atomic E-state index is 12.5. The lowest BCUT2D eigenvalue weighted by Gasteiger charge is -2.41. The van der Waals surface area contributed by atoms with Crippen LogP contribution in [0.2, 0.25) is 0 Å². The van der Waals surface area contributed by atoms with Crippen molar-refractivity contribution in [2.45, 2.75) is 31.4 Å². The first kappa shape index (κ1) is 16.2. The fourth-order valence-electron chi connectivity index (χ4n) is 3.21. The highest BCUT2D eigenvalue weighted by Gasteiger charge is 2.47. The van der Waals surface area contributed by atoms with Crippen LogP contribution in [-0.2, 0) is 9.84 Å². The fourth-order valence-corrected chi connectivity index (χ4v) is 6.04. The van der Waals surface area contributed by atoms with Gasteiger partial charge in [0, 0.05) is 18.5 Å². The molecule has 0 spiro atoms. The molecule has 2 aromatic rings. The second kappa shape index (κ2) is 5.45. The number of imidazole rings is 1. The summed E-state index contributed by atoms with van der Waals surface area (Å²) in [5, 5.41) is 13.2. The molecular formula is C13H18N4O4S2. The third-order valence-corrected chi connectivity index (χ3v) is 8.25. The Morgan fingerprint density at radius 1 is 1.43 bits per heavy atom. The van der Waals surface area contributed by atoms with Gasteiger partial charge in [-0.15, -0.1) is 0 Å². The lowest BCUT2D eigenvalue weighted by molar-refractivity contribution is -0.389. The van der Waals surface area contributed by atoms with Crippen LogP contribution in [0, 0.1) is 10.1 Å². The Bertz CT molecular complexity index is 851. The Hall–Kier alpha value is -1.68. The van der Waals surface area contributed by atoms with Crippen LogP contribution < -0.4 is 4.90 Å². The van der Waals surface area contributed by atoms with Crippen LogP contribution in [-0.4, -0.2) is 46.3 Å². The number of nitro groups is 1. The Kier molecular flexibility index (Phi) is 3.83. The van der Waals surface area contributed by atoms with Gasteiger partial charge < -0.3 is 15.0 Å². The van der Waals surface area contributed by atoms with E-state index in [1.165, 1.54) is 15.7 Å². The number of nitrogens with zero attached hydrogens (tertiary/aromatic N) is 4. The zero-order valence-corrected chi connectivity index (χ0v) is 14.6. The molecule has 1 aliphatic rings. The van der Waals surface area contributed by atoms with E-state index in [1.54, 1.807) is 16.5 Å². The van der Waals surface area contributed by atoms with Crippen LogP contribution in [0.1, 0.15) is 26.7 Å². The molecule has 0 atom stereocenters. The van der Waals surface area contributed by atoms with E-state index in [-0.39, 0.29) is 30.5 Å². The quantitative estimate of drug-likeness (QED) is 0.613. The van der Waals surface area contributed by atoms with Crippen LogP contribution >= 0.6 is 11.3 Å². The van der Waals surface area contributed by atoms with Gasteiger partial charge in [0.1, 0.15) is 6.20 Å². The number of rotatable bonds is 4. The molecule has 10 heteroatoms. The minimum absolute atomic E-state index is 0.00297. The monoisotopic (exact) mass is 358 g/mol. The number of thiazole rings is 1. The molecule has 0 unspecified atom stereocenters. The first-order valence-corrected chi connectivity index (χ1v) is 9.95. The van der Waals surface area contributed by atoms with Crippen molar-refractivity contribution in [1.82, 2.24) is 9.38 Å². The van der Waals surface area contributed by atoms with Crippen LogP contribution in [0.5, 0.6) is 0 Å². The van der Waals surface area contributed by atoms with Crippen molar-refractivity contribution in [2.24, 2.45) is 0 Å². The summed E-state index contributed by atoms with van der Waals surface area (Å²) in [5.41, 5.74) is 0. The second-order valence-corrected chi connectivity index (χ2v) is 9.08. The van der Waals surface area contributed by atoms with E-state index in [0.717, 1.165) is 0 Å². The largest absolute Gasteiger partial charge is 0.373 e. The highest BCUT2D eigenvalue weighted by Crippen LogP contribution is 2.37. The van der Waals surface area contributed by atoms with Gasteiger partial charge in [-0.05, 0) is 17.8 Å². The lowest BCUT2D eigenvalue weighted by atomic mass is 10.0. The lowest BCUT2D eigenvalue weighted by Crippen LogP contribution is -2.56. The predicted molar refractivity (Wildman–Crippen MR) is 89.0 cm³/mol. The van der Waals surface area contributed by atoms with E-state index in [4.69, 9.17) is 0 Å². The zero-order valence-electron chi connectivity index (χ0n) is 12.9. The van der Waals surface area contributed by atoms with Gasteiger partial charge in [-0.25, -0.2) is 8.42 Å². The van der Waals surface area contributed by atoms with Crippen LogP contribution in [0.15, 0.2) is 11.6 Å². The topological polar surface area (TPSA) is 97.8 Å². The summed E-state index contributed by atoms with van der Waals surface area (Å²) in [6, 6.07) is 0. The van der Waals surface area contributed by atoms with E-state index < -0.39 is 19.5 Å². The molecule has 2 aromatic heterocycles. The zero-order chi connectivity index (χ0) is 16.8. The minimum Gasteiger partial charge on any atom is -0.358 e. The molecule has 126 valence electrons. The van der Waals surface area contributed by atoms with Crippen molar-refractivity contribution in [2.75, 3.05) is 23.7 Å². The van der Waals surface area contributed by atoms with Gasteiger partial charge in [-0.2, -0.15) is 9.38 Å². The van der Waals surface area contributed by atoms with Gasteiger partial charge >= 0.3 is 5.82 Å².